The minimum atomic E-state index is -0.418. The first kappa shape index (κ1) is 14.1. The standard InChI is InChI=1S/C14H16N4O2/c1-3-15-9-12-7-10(2)16-14(17-12)11-5-4-6-13(8-11)18(19)20/h4-8,15H,3,9H2,1-2H3. The van der Waals surface area contributed by atoms with Crippen molar-refractivity contribution in [1.29, 1.82) is 0 Å². The molecule has 2 aromatic rings. The van der Waals surface area contributed by atoms with E-state index >= 15 is 0 Å². The van der Waals surface area contributed by atoms with Crippen molar-refractivity contribution in [2.75, 3.05) is 6.54 Å². The van der Waals surface area contributed by atoms with E-state index in [1.54, 1.807) is 12.1 Å². The van der Waals surface area contributed by atoms with Gasteiger partial charge in [0.1, 0.15) is 0 Å². The quantitative estimate of drug-likeness (QED) is 0.668. The molecule has 1 heterocycles. The monoisotopic (exact) mass is 272 g/mol. The maximum atomic E-state index is 10.8. The third-order valence-corrected chi connectivity index (χ3v) is 2.78. The van der Waals surface area contributed by atoms with Gasteiger partial charge in [-0.25, -0.2) is 9.97 Å². The molecule has 104 valence electrons. The van der Waals surface area contributed by atoms with Crippen LogP contribution in [0.25, 0.3) is 11.4 Å². The molecule has 0 saturated heterocycles. The average molecular weight is 272 g/mol. The van der Waals surface area contributed by atoms with Crippen molar-refractivity contribution >= 4 is 5.69 Å². The number of nitro groups is 1. The molecular formula is C14H16N4O2. The third kappa shape index (κ3) is 3.36. The maximum Gasteiger partial charge on any atom is 0.270 e. The third-order valence-electron chi connectivity index (χ3n) is 2.78. The molecule has 0 radical (unpaired) electrons. The van der Waals surface area contributed by atoms with Crippen molar-refractivity contribution < 1.29 is 4.92 Å². The Morgan fingerprint density at radius 1 is 1.30 bits per heavy atom. The zero-order valence-electron chi connectivity index (χ0n) is 11.5. The van der Waals surface area contributed by atoms with Crippen LogP contribution in [0.4, 0.5) is 5.69 Å². The topological polar surface area (TPSA) is 81.0 Å². The highest BCUT2D eigenvalue weighted by Gasteiger charge is 2.10. The van der Waals surface area contributed by atoms with Crippen molar-refractivity contribution in [3.8, 4) is 11.4 Å². The van der Waals surface area contributed by atoms with Crippen molar-refractivity contribution in [2.45, 2.75) is 20.4 Å². The van der Waals surface area contributed by atoms with Crippen molar-refractivity contribution in [2.24, 2.45) is 0 Å². The number of nitrogens with one attached hydrogen (secondary N) is 1. The first-order chi connectivity index (χ1) is 9.60. The molecule has 0 aliphatic carbocycles. The molecule has 1 aromatic heterocycles. The van der Waals surface area contributed by atoms with E-state index in [4.69, 9.17) is 0 Å². The maximum absolute atomic E-state index is 10.8. The number of hydrogen-bond acceptors (Lipinski definition) is 5. The summed E-state index contributed by atoms with van der Waals surface area (Å²) >= 11 is 0. The summed E-state index contributed by atoms with van der Waals surface area (Å²) in [5, 5.41) is 14.0. The highest BCUT2D eigenvalue weighted by molar-refractivity contribution is 5.59. The fourth-order valence-corrected chi connectivity index (χ4v) is 1.87. The van der Waals surface area contributed by atoms with E-state index < -0.39 is 4.92 Å². The van der Waals surface area contributed by atoms with Gasteiger partial charge in [-0.15, -0.1) is 0 Å². The van der Waals surface area contributed by atoms with Crippen LogP contribution in [0.15, 0.2) is 30.3 Å². The number of aryl methyl sites for hydroxylation is 1. The fourth-order valence-electron chi connectivity index (χ4n) is 1.87. The molecule has 1 aromatic carbocycles. The minimum Gasteiger partial charge on any atom is -0.311 e. The summed E-state index contributed by atoms with van der Waals surface area (Å²) in [4.78, 5) is 19.2. The van der Waals surface area contributed by atoms with E-state index in [1.807, 2.05) is 19.9 Å². The van der Waals surface area contributed by atoms with Crippen LogP contribution >= 0.6 is 0 Å². The molecule has 20 heavy (non-hydrogen) atoms. The molecule has 2 rings (SSSR count). The molecule has 1 N–H and O–H groups in total. The zero-order chi connectivity index (χ0) is 14.5. The van der Waals surface area contributed by atoms with Gasteiger partial charge in [-0.2, -0.15) is 0 Å². The second-order valence-electron chi connectivity index (χ2n) is 4.41. The van der Waals surface area contributed by atoms with Crippen molar-refractivity contribution in [3.63, 3.8) is 0 Å². The van der Waals surface area contributed by atoms with E-state index in [1.165, 1.54) is 12.1 Å². The Bertz CT molecular complexity index is 628. The van der Waals surface area contributed by atoms with Gasteiger partial charge in [-0.1, -0.05) is 19.1 Å². The van der Waals surface area contributed by atoms with Gasteiger partial charge >= 0.3 is 0 Å². The summed E-state index contributed by atoms with van der Waals surface area (Å²) in [5.41, 5.74) is 2.41. The van der Waals surface area contributed by atoms with E-state index in [9.17, 15) is 10.1 Å². The molecule has 0 aliphatic rings. The lowest BCUT2D eigenvalue weighted by atomic mass is 10.2. The molecule has 0 amide bonds. The number of non-ortho nitro benzene ring substituents is 1. The number of benzene rings is 1. The molecule has 0 atom stereocenters. The van der Waals surface area contributed by atoms with Gasteiger partial charge in [0.15, 0.2) is 5.82 Å². The summed E-state index contributed by atoms with van der Waals surface area (Å²) in [6, 6.07) is 8.27. The highest BCUT2D eigenvalue weighted by atomic mass is 16.6. The number of nitrogens with zero attached hydrogens (tertiary/aromatic N) is 3. The number of rotatable bonds is 5. The van der Waals surface area contributed by atoms with E-state index in [0.717, 1.165) is 17.9 Å². The first-order valence-corrected chi connectivity index (χ1v) is 6.40. The summed E-state index contributed by atoms with van der Waals surface area (Å²) in [7, 11) is 0. The molecular weight excluding hydrogens is 256 g/mol. The van der Waals surface area contributed by atoms with Gasteiger partial charge in [0, 0.05) is 29.9 Å². The molecule has 0 saturated carbocycles. The Kier molecular flexibility index (Phi) is 4.37. The lowest BCUT2D eigenvalue weighted by molar-refractivity contribution is -0.384. The van der Waals surface area contributed by atoms with Gasteiger partial charge in [0.25, 0.3) is 5.69 Å². The normalized spacial score (nSPS) is 10.5. The number of nitro benzene ring substituents is 1. The second-order valence-corrected chi connectivity index (χ2v) is 4.41. The average Bonchev–Trinajstić information content (AvgIpc) is 2.44. The minimum absolute atomic E-state index is 0.0424. The lowest BCUT2D eigenvalue weighted by Crippen LogP contribution is -2.13. The predicted octanol–water partition coefficient (Wildman–Crippen LogP) is 2.47. The van der Waals surface area contributed by atoms with E-state index in [2.05, 4.69) is 15.3 Å². The molecule has 0 aliphatic heterocycles. The van der Waals surface area contributed by atoms with Crippen LogP contribution in [0.5, 0.6) is 0 Å². The molecule has 0 bridgehead atoms. The van der Waals surface area contributed by atoms with E-state index in [-0.39, 0.29) is 5.69 Å². The Morgan fingerprint density at radius 2 is 2.10 bits per heavy atom. The van der Waals surface area contributed by atoms with Crippen LogP contribution in [0.3, 0.4) is 0 Å². The Balaban J connectivity index is 2.38. The summed E-state index contributed by atoms with van der Waals surface area (Å²) in [6.45, 7) is 5.42. The molecule has 0 unspecified atom stereocenters. The van der Waals surface area contributed by atoms with Gasteiger partial charge in [0.05, 0.1) is 10.6 Å². The lowest BCUT2D eigenvalue weighted by Gasteiger charge is -2.06. The Labute approximate surface area is 117 Å². The summed E-state index contributed by atoms with van der Waals surface area (Å²) < 4.78 is 0. The summed E-state index contributed by atoms with van der Waals surface area (Å²) in [5.74, 6) is 0.515. The molecule has 0 spiro atoms. The van der Waals surface area contributed by atoms with Gasteiger partial charge in [-0.05, 0) is 19.5 Å². The highest BCUT2D eigenvalue weighted by Crippen LogP contribution is 2.21. The van der Waals surface area contributed by atoms with Crippen molar-refractivity contribution in [1.82, 2.24) is 15.3 Å². The number of aromatic nitrogens is 2. The molecule has 6 nitrogen and oxygen atoms in total. The van der Waals surface area contributed by atoms with Crippen LogP contribution in [-0.4, -0.2) is 21.4 Å². The van der Waals surface area contributed by atoms with Gasteiger partial charge in [-0.3, -0.25) is 10.1 Å². The second kappa shape index (κ2) is 6.21. The fraction of sp³-hybridized carbons (Fsp3) is 0.286. The SMILES string of the molecule is CCNCc1cc(C)nc(-c2cccc([N+](=O)[O-])c2)n1. The van der Waals surface area contributed by atoms with Gasteiger partial charge < -0.3 is 5.32 Å². The largest absolute Gasteiger partial charge is 0.311 e. The summed E-state index contributed by atoms with van der Waals surface area (Å²) in [6.07, 6.45) is 0. The van der Waals surface area contributed by atoms with Crippen LogP contribution in [-0.2, 0) is 6.54 Å². The van der Waals surface area contributed by atoms with Crippen LogP contribution in [0.2, 0.25) is 0 Å². The molecule has 0 fully saturated rings. The van der Waals surface area contributed by atoms with Crippen LogP contribution < -0.4 is 5.32 Å². The smallest absolute Gasteiger partial charge is 0.270 e. The van der Waals surface area contributed by atoms with Crippen LogP contribution in [0, 0.1) is 17.0 Å². The predicted molar refractivity (Wildman–Crippen MR) is 76.2 cm³/mol. The Hall–Kier alpha value is -2.34. The Morgan fingerprint density at radius 3 is 2.80 bits per heavy atom. The van der Waals surface area contributed by atoms with Crippen molar-refractivity contribution in [3.05, 3.63) is 51.8 Å². The van der Waals surface area contributed by atoms with Crippen LogP contribution in [0.1, 0.15) is 18.3 Å². The van der Waals surface area contributed by atoms with E-state index in [0.29, 0.717) is 17.9 Å². The molecule has 6 heteroatoms. The zero-order valence-corrected chi connectivity index (χ0v) is 11.5. The van der Waals surface area contributed by atoms with Gasteiger partial charge in [0.2, 0.25) is 0 Å². The number of hydrogen-bond donors (Lipinski definition) is 1. The first-order valence-electron chi connectivity index (χ1n) is 6.40.